The second kappa shape index (κ2) is 11.5. The highest BCUT2D eigenvalue weighted by molar-refractivity contribution is 5.88. The molecule has 0 radical (unpaired) electrons. The van der Waals surface area contributed by atoms with Gasteiger partial charge in [-0.05, 0) is 70.5 Å². The molecule has 3 aliphatic heterocycles. The fourth-order valence-electron chi connectivity index (χ4n) is 6.73. The van der Waals surface area contributed by atoms with E-state index >= 15 is 0 Å². The Hall–Kier alpha value is -3.40. The van der Waals surface area contributed by atoms with Gasteiger partial charge in [0, 0.05) is 42.4 Å². The number of nitrogens with zero attached hydrogens (tertiary/aromatic N) is 6. The number of ether oxygens (including phenoxy) is 1. The van der Waals surface area contributed by atoms with Crippen molar-refractivity contribution >= 4 is 29.0 Å². The standard InChI is InChI=1S/C31H43N7O3/c1-20(2)26-17-32-38-28(16-27(34-30(26)38)21-8-5-6-9-21)33-22-14-23-11-12-24(15-22)37(23)31(40)41-25-18-36(19-25)29(39)10-7-13-35(3)4/h7-8,10,16-17,20,22-25,33H,5-6,9,11-15,18-19H2,1-4H3/b10-7+. The Labute approximate surface area is 242 Å². The molecule has 220 valence electrons. The highest BCUT2D eigenvalue weighted by atomic mass is 16.6. The number of hydrogen-bond acceptors (Lipinski definition) is 7. The van der Waals surface area contributed by atoms with E-state index in [0.29, 0.717) is 19.0 Å². The lowest BCUT2D eigenvalue weighted by molar-refractivity contribution is -0.136. The lowest BCUT2D eigenvalue weighted by Crippen LogP contribution is -2.57. The Morgan fingerprint density at radius 2 is 1.95 bits per heavy atom. The van der Waals surface area contributed by atoms with Crippen LogP contribution in [0.4, 0.5) is 10.6 Å². The van der Waals surface area contributed by atoms with Crippen molar-refractivity contribution in [3.63, 3.8) is 0 Å². The summed E-state index contributed by atoms with van der Waals surface area (Å²) in [6.07, 6.45) is 14.4. The SMILES string of the molecule is CC(C)c1cnn2c(NC3CC4CCC(C3)N4C(=O)OC3CN(C(=O)/C=C/CN(C)C)C3)cc(C3=CCCC3)nc12. The highest BCUT2D eigenvalue weighted by Gasteiger charge is 2.45. The molecular formula is C31H43N7O3. The van der Waals surface area contributed by atoms with E-state index in [1.807, 2.05) is 40.7 Å². The average Bonchev–Trinajstić information content (AvgIpc) is 3.64. The molecule has 0 spiro atoms. The number of anilines is 1. The van der Waals surface area contributed by atoms with Gasteiger partial charge in [0.25, 0.3) is 0 Å². The number of carbonyl (C=O) groups excluding carboxylic acids is 2. The minimum Gasteiger partial charge on any atom is -0.442 e. The largest absolute Gasteiger partial charge is 0.442 e. The van der Waals surface area contributed by atoms with E-state index in [2.05, 4.69) is 31.3 Å². The van der Waals surface area contributed by atoms with E-state index in [-0.39, 0.29) is 36.2 Å². The van der Waals surface area contributed by atoms with E-state index < -0.39 is 0 Å². The van der Waals surface area contributed by atoms with Crippen molar-refractivity contribution in [1.29, 1.82) is 0 Å². The van der Waals surface area contributed by atoms with Crippen LogP contribution in [0.25, 0.3) is 11.2 Å². The van der Waals surface area contributed by atoms with Gasteiger partial charge in [0.1, 0.15) is 11.9 Å². The molecule has 2 aromatic heterocycles. The van der Waals surface area contributed by atoms with Crippen LogP contribution in [-0.4, -0.2) is 99.3 Å². The highest BCUT2D eigenvalue weighted by Crippen LogP contribution is 2.38. The summed E-state index contributed by atoms with van der Waals surface area (Å²) in [5.74, 6) is 1.29. The molecule has 41 heavy (non-hydrogen) atoms. The molecule has 2 unspecified atom stereocenters. The van der Waals surface area contributed by atoms with Crippen molar-refractivity contribution in [2.45, 2.75) is 88.9 Å². The third kappa shape index (κ3) is 5.71. The van der Waals surface area contributed by atoms with Crippen LogP contribution in [0.15, 0.2) is 30.5 Å². The van der Waals surface area contributed by atoms with Gasteiger partial charge in [-0.25, -0.2) is 9.78 Å². The number of likely N-dealkylation sites (N-methyl/N-ethyl adjacent to an activating group) is 1. The zero-order valence-electron chi connectivity index (χ0n) is 24.8. The fourth-order valence-corrected chi connectivity index (χ4v) is 6.73. The molecule has 1 aliphatic carbocycles. The van der Waals surface area contributed by atoms with Crippen molar-refractivity contribution in [3.8, 4) is 0 Å². The number of piperidine rings is 1. The molecule has 10 nitrogen and oxygen atoms in total. The summed E-state index contributed by atoms with van der Waals surface area (Å²) in [4.78, 5) is 36.3. The Kier molecular flexibility index (Phi) is 7.76. The van der Waals surface area contributed by atoms with Crippen LogP contribution in [0.3, 0.4) is 0 Å². The number of amides is 2. The first-order valence-corrected chi connectivity index (χ1v) is 15.2. The third-order valence-electron chi connectivity index (χ3n) is 8.95. The zero-order chi connectivity index (χ0) is 28.7. The van der Waals surface area contributed by atoms with Gasteiger partial charge in [-0.3, -0.25) is 4.79 Å². The number of fused-ring (bicyclic) bond motifs is 3. The maximum atomic E-state index is 13.2. The summed E-state index contributed by atoms with van der Waals surface area (Å²) >= 11 is 0. The van der Waals surface area contributed by atoms with E-state index in [1.54, 1.807) is 11.0 Å². The van der Waals surface area contributed by atoms with Gasteiger partial charge in [-0.2, -0.15) is 9.61 Å². The van der Waals surface area contributed by atoms with E-state index in [1.165, 1.54) is 12.0 Å². The maximum absolute atomic E-state index is 13.2. The van der Waals surface area contributed by atoms with Crippen LogP contribution in [-0.2, 0) is 9.53 Å². The van der Waals surface area contributed by atoms with Gasteiger partial charge >= 0.3 is 6.09 Å². The first kappa shape index (κ1) is 27.8. The number of aromatic nitrogens is 3. The van der Waals surface area contributed by atoms with Crippen molar-refractivity contribution in [2.75, 3.05) is 39.0 Å². The summed E-state index contributed by atoms with van der Waals surface area (Å²) in [6, 6.07) is 2.71. The van der Waals surface area contributed by atoms with E-state index in [4.69, 9.17) is 14.8 Å². The Morgan fingerprint density at radius 1 is 1.20 bits per heavy atom. The fraction of sp³-hybridized carbons (Fsp3) is 0.613. The normalized spacial score (nSPS) is 24.5. The summed E-state index contributed by atoms with van der Waals surface area (Å²) < 4.78 is 7.81. The summed E-state index contributed by atoms with van der Waals surface area (Å²) in [5.41, 5.74) is 4.46. The van der Waals surface area contributed by atoms with Crippen LogP contribution in [0.5, 0.6) is 0 Å². The third-order valence-corrected chi connectivity index (χ3v) is 8.95. The van der Waals surface area contributed by atoms with Gasteiger partial charge in [0.2, 0.25) is 5.91 Å². The average molecular weight is 562 g/mol. The van der Waals surface area contributed by atoms with Crippen molar-refractivity contribution in [1.82, 2.24) is 29.3 Å². The van der Waals surface area contributed by atoms with Gasteiger partial charge in [-0.15, -0.1) is 0 Å². The minimum absolute atomic E-state index is 0.0265. The molecule has 2 amide bonds. The van der Waals surface area contributed by atoms with Crippen LogP contribution < -0.4 is 5.32 Å². The lowest BCUT2D eigenvalue weighted by Gasteiger charge is -2.42. The molecule has 3 fully saturated rings. The van der Waals surface area contributed by atoms with Gasteiger partial charge in [0.05, 0.1) is 25.0 Å². The molecule has 6 rings (SSSR count). The van der Waals surface area contributed by atoms with Crippen LogP contribution in [0.2, 0.25) is 0 Å². The van der Waals surface area contributed by atoms with Gasteiger partial charge in [-0.1, -0.05) is 26.0 Å². The van der Waals surface area contributed by atoms with Crippen molar-refractivity contribution in [2.24, 2.45) is 0 Å². The molecule has 0 aromatic carbocycles. The number of likely N-dealkylation sites (tertiary alicyclic amines) is 1. The first-order chi connectivity index (χ1) is 19.8. The van der Waals surface area contributed by atoms with Crippen LogP contribution in [0, 0.1) is 0 Å². The molecule has 4 aliphatic rings. The van der Waals surface area contributed by atoms with E-state index in [9.17, 15) is 9.59 Å². The Balaban J connectivity index is 1.09. The Morgan fingerprint density at radius 3 is 2.61 bits per heavy atom. The molecule has 5 heterocycles. The predicted octanol–water partition coefficient (Wildman–Crippen LogP) is 4.29. The molecule has 10 heteroatoms. The zero-order valence-corrected chi connectivity index (χ0v) is 24.8. The topological polar surface area (TPSA) is 95.3 Å². The minimum atomic E-state index is -0.230. The van der Waals surface area contributed by atoms with Crippen LogP contribution >= 0.6 is 0 Å². The molecule has 3 saturated heterocycles. The van der Waals surface area contributed by atoms with Crippen molar-refractivity contribution in [3.05, 3.63) is 41.7 Å². The number of allylic oxidation sites excluding steroid dienone is 2. The number of nitrogens with one attached hydrogen (secondary N) is 1. The second-order valence-electron chi connectivity index (χ2n) is 12.7. The van der Waals surface area contributed by atoms with E-state index in [0.717, 1.165) is 67.8 Å². The summed E-state index contributed by atoms with van der Waals surface area (Å²) in [7, 11) is 3.93. The summed E-state index contributed by atoms with van der Waals surface area (Å²) in [5, 5.41) is 8.52. The first-order valence-electron chi connectivity index (χ1n) is 15.2. The lowest BCUT2D eigenvalue weighted by atomic mass is 9.97. The molecule has 2 atom stereocenters. The maximum Gasteiger partial charge on any atom is 0.410 e. The van der Waals surface area contributed by atoms with Crippen LogP contribution in [0.1, 0.15) is 76.0 Å². The van der Waals surface area contributed by atoms with Gasteiger partial charge < -0.3 is 24.8 Å². The molecule has 2 bridgehead atoms. The molecular weight excluding hydrogens is 518 g/mol. The molecule has 0 saturated carbocycles. The smallest absolute Gasteiger partial charge is 0.410 e. The number of carbonyl (C=O) groups is 2. The quantitative estimate of drug-likeness (QED) is 0.481. The summed E-state index contributed by atoms with van der Waals surface area (Å²) in [6.45, 7) is 6.01. The Bertz CT molecular complexity index is 1340. The monoisotopic (exact) mass is 561 g/mol. The molecule has 2 aromatic rings. The predicted molar refractivity (Wildman–Crippen MR) is 159 cm³/mol. The van der Waals surface area contributed by atoms with Gasteiger partial charge in [0.15, 0.2) is 5.65 Å². The number of rotatable bonds is 8. The van der Waals surface area contributed by atoms with Crippen molar-refractivity contribution < 1.29 is 14.3 Å². The molecule has 1 N–H and O–H groups in total. The second-order valence-corrected chi connectivity index (χ2v) is 12.7. The number of hydrogen-bond donors (Lipinski definition) is 1.